The molecule has 0 fully saturated rings. The first kappa shape index (κ1) is 11.9. The minimum atomic E-state index is 0.939. The number of aromatic nitrogens is 4. The lowest BCUT2D eigenvalue weighted by Crippen LogP contribution is -1.96. The Labute approximate surface area is 102 Å². The van der Waals surface area contributed by atoms with E-state index >= 15 is 0 Å². The molecule has 0 aliphatic carbocycles. The van der Waals surface area contributed by atoms with Crippen LogP contribution in [-0.2, 0) is 25.9 Å². The Hall–Kier alpha value is -1.58. The summed E-state index contributed by atoms with van der Waals surface area (Å²) in [4.78, 5) is 0. The first-order valence-electron chi connectivity index (χ1n) is 6.34. The maximum Gasteiger partial charge on any atom is 0.0521 e. The highest BCUT2D eigenvalue weighted by molar-refractivity contribution is 5.10. The average Bonchev–Trinajstić information content (AvgIpc) is 2.95. The number of hydrogen-bond acceptors (Lipinski definition) is 2. The van der Waals surface area contributed by atoms with Crippen LogP contribution in [0.2, 0.25) is 0 Å². The number of rotatable bonds is 6. The maximum absolute atomic E-state index is 4.34. The number of hydrogen-bond donors (Lipinski definition) is 0. The molecule has 0 aliphatic heterocycles. The van der Waals surface area contributed by atoms with Gasteiger partial charge in [0.1, 0.15) is 0 Å². The molecule has 2 heterocycles. The van der Waals surface area contributed by atoms with E-state index in [1.807, 2.05) is 21.8 Å². The van der Waals surface area contributed by atoms with Gasteiger partial charge >= 0.3 is 0 Å². The molecule has 0 saturated carbocycles. The van der Waals surface area contributed by atoms with Crippen molar-refractivity contribution >= 4 is 0 Å². The van der Waals surface area contributed by atoms with Crippen molar-refractivity contribution in [2.45, 2.75) is 46.2 Å². The van der Waals surface area contributed by atoms with E-state index in [4.69, 9.17) is 0 Å². The molecule has 2 aromatic rings. The van der Waals surface area contributed by atoms with Gasteiger partial charge in [-0.2, -0.15) is 10.2 Å². The van der Waals surface area contributed by atoms with Gasteiger partial charge < -0.3 is 0 Å². The molecular weight excluding hydrogens is 212 g/mol. The van der Waals surface area contributed by atoms with Gasteiger partial charge in [-0.1, -0.05) is 6.92 Å². The molecule has 0 spiro atoms. The van der Waals surface area contributed by atoms with Gasteiger partial charge in [-0.15, -0.1) is 0 Å². The first-order chi connectivity index (χ1) is 8.31. The van der Waals surface area contributed by atoms with Gasteiger partial charge in [0.2, 0.25) is 0 Å². The van der Waals surface area contributed by atoms with Crippen molar-refractivity contribution in [3.8, 4) is 0 Å². The quantitative estimate of drug-likeness (QED) is 0.766. The van der Waals surface area contributed by atoms with Gasteiger partial charge in [0.15, 0.2) is 0 Å². The van der Waals surface area contributed by atoms with Gasteiger partial charge in [-0.3, -0.25) is 9.36 Å². The van der Waals surface area contributed by atoms with E-state index in [9.17, 15) is 0 Å². The van der Waals surface area contributed by atoms with Crippen LogP contribution in [0, 0.1) is 0 Å². The van der Waals surface area contributed by atoms with Crippen LogP contribution < -0.4 is 0 Å². The van der Waals surface area contributed by atoms with Crippen molar-refractivity contribution in [3.05, 3.63) is 35.9 Å². The summed E-state index contributed by atoms with van der Waals surface area (Å²) >= 11 is 0. The molecule has 0 saturated heterocycles. The van der Waals surface area contributed by atoms with E-state index in [0.717, 1.165) is 32.4 Å². The third-order valence-electron chi connectivity index (χ3n) is 2.85. The smallest absolute Gasteiger partial charge is 0.0521 e. The Morgan fingerprint density at radius 1 is 0.941 bits per heavy atom. The van der Waals surface area contributed by atoms with Crippen LogP contribution in [0.4, 0.5) is 0 Å². The first-order valence-corrected chi connectivity index (χ1v) is 6.34. The lowest BCUT2D eigenvalue weighted by atomic mass is 10.1. The fourth-order valence-electron chi connectivity index (χ4n) is 1.88. The predicted molar refractivity (Wildman–Crippen MR) is 67.8 cm³/mol. The van der Waals surface area contributed by atoms with Crippen LogP contribution >= 0.6 is 0 Å². The van der Waals surface area contributed by atoms with Crippen molar-refractivity contribution in [2.24, 2.45) is 0 Å². The van der Waals surface area contributed by atoms with Gasteiger partial charge in [0.05, 0.1) is 12.4 Å². The van der Waals surface area contributed by atoms with Crippen molar-refractivity contribution < 1.29 is 0 Å². The molecule has 0 atom stereocenters. The molecule has 0 radical (unpaired) electrons. The second kappa shape index (κ2) is 5.66. The largest absolute Gasteiger partial charge is 0.273 e. The van der Waals surface area contributed by atoms with E-state index in [2.05, 4.69) is 36.4 Å². The highest BCUT2D eigenvalue weighted by Gasteiger charge is 2.01. The minimum absolute atomic E-state index is 0.939. The summed E-state index contributed by atoms with van der Waals surface area (Å²) in [5, 5.41) is 8.61. The molecular formula is C13H20N4. The minimum Gasteiger partial charge on any atom is -0.273 e. The summed E-state index contributed by atoms with van der Waals surface area (Å²) in [7, 11) is 0. The molecule has 0 aromatic carbocycles. The van der Waals surface area contributed by atoms with Gasteiger partial charge in [0.25, 0.3) is 0 Å². The fraction of sp³-hybridized carbons (Fsp3) is 0.538. The average molecular weight is 232 g/mol. The van der Waals surface area contributed by atoms with Crippen LogP contribution in [0.25, 0.3) is 0 Å². The molecule has 2 aromatic heterocycles. The van der Waals surface area contributed by atoms with Crippen molar-refractivity contribution in [3.63, 3.8) is 0 Å². The third kappa shape index (κ3) is 3.19. The van der Waals surface area contributed by atoms with Crippen LogP contribution in [0.15, 0.2) is 24.8 Å². The van der Waals surface area contributed by atoms with E-state index in [1.54, 1.807) is 0 Å². The third-order valence-corrected chi connectivity index (χ3v) is 2.85. The Morgan fingerprint density at radius 2 is 1.53 bits per heavy atom. The molecule has 0 unspecified atom stereocenters. The Bertz CT molecular complexity index is 455. The Kier molecular flexibility index (Phi) is 3.96. The Morgan fingerprint density at radius 3 is 2.06 bits per heavy atom. The van der Waals surface area contributed by atoms with E-state index in [1.165, 1.54) is 11.1 Å². The highest BCUT2D eigenvalue weighted by Crippen LogP contribution is 2.06. The maximum atomic E-state index is 4.34. The molecule has 0 amide bonds. The summed E-state index contributed by atoms with van der Waals surface area (Å²) in [6.07, 6.45) is 11.4. The van der Waals surface area contributed by atoms with Gasteiger partial charge in [0, 0.05) is 25.5 Å². The zero-order chi connectivity index (χ0) is 12.1. The monoisotopic (exact) mass is 232 g/mol. The molecule has 0 N–H and O–H groups in total. The van der Waals surface area contributed by atoms with Crippen LogP contribution in [-0.4, -0.2) is 19.6 Å². The predicted octanol–water partition coefficient (Wildman–Crippen LogP) is 2.29. The van der Waals surface area contributed by atoms with Crippen LogP contribution in [0.1, 0.15) is 31.4 Å². The SMILES string of the molecule is CCCn1cc(CCc2cnn(CC)c2)cn1. The number of aryl methyl sites for hydroxylation is 4. The summed E-state index contributed by atoms with van der Waals surface area (Å²) in [5.41, 5.74) is 2.61. The molecule has 92 valence electrons. The van der Waals surface area contributed by atoms with E-state index in [0.29, 0.717) is 0 Å². The van der Waals surface area contributed by atoms with Crippen LogP contribution in [0.3, 0.4) is 0 Å². The summed E-state index contributed by atoms with van der Waals surface area (Å²) in [5.74, 6) is 0. The molecule has 4 nitrogen and oxygen atoms in total. The summed E-state index contributed by atoms with van der Waals surface area (Å²) < 4.78 is 3.99. The topological polar surface area (TPSA) is 35.6 Å². The van der Waals surface area contributed by atoms with Gasteiger partial charge in [-0.05, 0) is 37.3 Å². The zero-order valence-corrected chi connectivity index (χ0v) is 10.6. The van der Waals surface area contributed by atoms with Crippen molar-refractivity contribution in [2.75, 3.05) is 0 Å². The Balaban J connectivity index is 1.88. The van der Waals surface area contributed by atoms with E-state index in [-0.39, 0.29) is 0 Å². The molecule has 4 heteroatoms. The summed E-state index contributed by atoms with van der Waals surface area (Å²) in [6, 6.07) is 0. The lowest BCUT2D eigenvalue weighted by Gasteiger charge is -1.96. The molecule has 17 heavy (non-hydrogen) atoms. The van der Waals surface area contributed by atoms with Crippen molar-refractivity contribution in [1.29, 1.82) is 0 Å². The normalized spacial score (nSPS) is 10.9. The fourth-order valence-corrected chi connectivity index (χ4v) is 1.88. The zero-order valence-electron chi connectivity index (χ0n) is 10.6. The highest BCUT2D eigenvalue weighted by atomic mass is 15.3. The van der Waals surface area contributed by atoms with Crippen LogP contribution in [0.5, 0.6) is 0 Å². The molecule has 0 bridgehead atoms. The van der Waals surface area contributed by atoms with Crippen molar-refractivity contribution in [1.82, 2.24) is 19.6 Å². The summed E-state index contributed by atoms with van der Waals surface area (Å²) in [6.45, 7) is 6.22. The van der Waals surface area contributed by atoms with Gasteiger partial charge in [-0.25, -0.2) is 0 Å². The second-order valence-electron chi connectivity index (χ2n) is 4.32. The number of nitrogens with zero attached hydrogens (tertiary/aromatic N) is 4. The molecule has 2 rings (SSSR count). The molecule has 0 aliphatic rings. The lowest BCUT2D eigenvalue weighted by molar-refractivity contribution is 0.602. The second-order valence-corrected chi connectivity index (χ2v) is 4.32. The van der Waals surface area contributed by atoms with E-state index < -0.39 is 0 Å². The standard InChI is InChI=1S/C13H20N4/c1-3-7-17-11-13(9-15-17)6-5-12-8-14-16(4-2)10-12/h8-11H,3-7H2,1-2H3.